The summed E-state index contributed by atoms with van der Waals surface area (Å²) in [5.74, 6) is 0.540. The number of benzene rings is 3. The van der Waals surface area contributed by atoms with Gasteiger partial charge in [0.15, 0.2) is 12.4 Å². The second-order valence-electron chi connectivity index (χ2n) is 4.81. The molecular weight excluding hydrogens is 319 g/mol. The Morgan fingerprint density at radius 3 is 2.27 bits per heavy atom. The first-order valence-electron chi connectivity index (χ1n) is 6.74. The highest BCUT2D eigenvalue weighted by molar-refractivity contribution is 6.35. The van der Waals surface area contributed by atoms with Crippen molar-refractivity contribution in [3.05, 3.63) is 76.3 Å². The summed E-state index contributed by atoms with van der Waals surface area (Å²) in [6, 6.07) is 18.0. The Labute approximate surface area is 138 Å². The van der Waals surface area contributed by atoms with Gasteiger partial charge in [0.2, 0.25) is 0 Å². The van der Waals surface area contributed by atoms with Gasteiger partial charge in [0.1, 0.15) is 5.75 Å². The first kappa shape index (κ1) is 14.9. The van der Waals surface area contributed by atoms with E-state index in [1.165, 1.54) is 0 Å². The molecule has 0 unspecified atom stereocenters. The van der Waals surface area contributed by atoms with Gasteiger partial charge in [0.05, 0.1) is 0 Å². The number of Topliss-reactive ketones (excluding diaryl/α,β-unsaturated/α-hetero) is 1. The van der Waals surface area contributed by atoms with Gasteiger partial charge in [0, 0.05) is 26.4 Å². The Morgan fingerprint density at radius 1 is 0.864 bits per heavy atom. The van der Waals surface area contributed by atoms with Crippen molar-refractivity contribution in [2.75, 3.05) is 6.61 Å². The summed E-state index contributed by atoms with van der Waals surface area (Å²) in [7, 11) is 0. The van der Waals surface area contributed by atoms with E-state index in [2.05, 4.69) is 0 Å². The molecule has 4 heteroatoms. The second kappa shape index (κ2) is 6.39. The first-order chi connectivity index (χ1) is 10.6. The van der Waals surface area contributed by atoms with Gasteiger partial charge in [-0.2, -0.15) is 0 Å². The molecule has 0 atom stereocenters. The zero-order valence-electron chi connectivity index (χ0n) is 11.6. The van der Waals surface area contributed by atoms with Crippen LogP contribution in [0.5, 0.6) is 5.75 Å². The van der Waals surface area contributed by atoms with Gasteiger partial charge in [-0.25, -0.2) is 0 Å². The number of carbonyl (C=O) groups excluding carboxylic acids is 1. The van der Waals surface area contributed by atoms with Crippen LogP contribution >= 0.6 is 23.2 Å². The quantitative estimate of drug-likeness (QED) is 0.598. The molecule has 0 aliphatic carbocycles. The van der Waals surface area contributed by atoms with Crippen LogP contribution in [0.1, 0.15) is 10.4 Å². The lowest BCUT2D eigenvalue weighted by molar-refractivity contribution is 0.0922. The predicted molar refractivity (Wildman–Crippen MR) is 90.2 cm³/mol. The Bertz CT molecular complexity index is 826. The highest BCUT2D eigenvalue weighted by atomic mass is 35.5. The smallest absolute Gasteiger partial charge is 0.200 e. The Kier molecular flexibility index (Phi) is 4.32. The van der Waals surface area contributed by atoms with Gasteiger partial charge in [-0.05, 0) is 36.4 Å². The van der Waals surface area contributed by atoms with E-state index in [1.807, 2.05) is 24.3 Å². The van der Waals surface area contributed by atoms with E-state index < -0.39 is 0 Å². The highest BCUT2D eigenvalue weighted by Gasteiger charge is 2.09. The lowest BCUT2D eigenvalue weighted by atomic mass is 10.1. The van der Waals surface area contributed by atoms with Crippen molar-refractivity contribution < 1.29 is 9.53 Å². The Balaban J connectivity index is 1.81. The molecule has 3 aromatic rings. The number of ketones is 1. The molecule has 0 radical (unpaired) electrons. The molecule has 0 aliphatic rings. The van der Waals surface area contributed by atoms with Crippen molar-refractivity contribution in [2.24, 2.45) is 0 Å². The molecule has 2 nitrogen and oxygen atoms in total. The Hall–Kier alpha value is -2.03. The Morgan fingerprint density at radius 2 is 1.55 bits per heavy atom. The average molecular weight is 331 g/mol. The van der Waals surface area contributed by atoms with Crippen LogP contribution in [0.3, 0.4) is 0 Å². The van der Waals surface area contributed by atoms with Crippen molar-refractivity contribution >= 4 is 39.8 Å². The van der Waals surface area contributed by atoms with E-state index in [9.17, 15) is 4.79 Å². The van der Waals surface area contributed by atoms with Gasteiger partial charge in [0.25, 0.3) is 0 Å². The molecule has 0 bridgehead atoms. The van der Waals surface area contributed by atoms with Gasteiger partial charge in [-0.3, -0.25) is 4.79 Å². The number of halogens is 2. The lowest BCUT2D eigenvalue weighted by Crippen LogP contribution is -2.11. The van der Waals surface area contributed by atoms with Crippen molar-refractivity contribution in [3.8, 4) is 5.75 Å². The topological polar surface area (TPSA) is 26.3 Å². The lowest BCUT2D eigenvalue weighted by Gasteiger charge is -2.10. The second-order valence-corrected chi connectivity index (χ2v) is 5.65. The minimum atomic E-state index is -0.101. The molecule has 0 aliphatic heterocycles. The number of hydrogen-bond donors (Lipinski definition) is 0. The summed E-state index contributed by atoms with van der Waals surface area (Å²) in [6.07, 6.45) is 0. The maximum Gasteiger partial charge on any atom is 0.200 e. The molecule has 3 rings (SSSR count). The molecule has 3 aromatic carbocycles. The van der Waals surface area contributed by atoms with E-state index in [0.29, 0.717) is 21.4 Å². The fraction of sp³-hybridized carbons (Fsp3) is 0.0556. The first-order valence-corrected chi connectivity index (χ1v) is 7.49. The normalized spacial score (nSPS) is 10.6. The van der Waals surface area contributed by atoms with Crippen LogP contribution in [0.2, 0.25) is 10.0 Å². The van der Waals surface area contributed by atoms with Crippen LogP contribution in [0.4, 0.5) is 0 Å². The van der Waals surface area contributed by atoms with Gasteiger partial charge in [-0.1, -0.05) is 47.5 Å². The molecule has 22 heavy (non-hydrogen) atoms. The molecule has 0 fully saturated rings. The monoisotopic (exact) mass is 330 g/mol. The predicted octanol–water partition coefficient (Wildman–Crippen LogP) is 5.41. The molecule has 0 amide bonds. The highest BCUT2D eigenvalue weighted by Crippen LogP contribution is 2.31. The fourth-order valence-corrected chi connectivity index (χ4v) is 2.58. The third kappa shape index (κ3) is 3.08. The van der Waals surface area contributed by atoms with Crippen LogP contribution in [0, 0.1) is 0 Å². The summed E-state index contributed by atoms with van der Waals surface area (Å²) in [5, 5.41) is 3.05. The maximum atomic E-state index is 12.1. The van der Waals surface area contributed by atoms with E-state index in [-0.39, 0.29) is 12.4 Å². The van der Waals surface area contributed by atoms with E-state index in [4.69, 9.17) is 27.9 Å². The summed E-state index contributed by atoms with van der Waals surface area (Å²) in [6.45, 7) is -0.0345. The molecule has 0 saturated heterocycles. The summed E-state index contributed by atoms with van der Waals surface area (Å²) < 4.78 is 5.68. The zero-order valence-corrected chi connectivity index (χ0v) is 13.1. The molecule has 0 heterocycles. The number of hydrogen-bond acceptors (Lipinski definition) is 2. The maximum absolute atomic E-state index is 12.1. The summed E-state index contributed by atoms with van der Waals surface area (Å²) in [4.78, 5) is 12.1. The zero-order chi connectivity index (χ0) is 15.5. The average Bonchev–Trinajstić information content (AvgIpc) is 2.55. The van der Waals surface area contributed by atoms with Crippen LogP contribution in [-0.2, 0) is 0 Å². The van der Waals surface area contributed by atoms with Crippen molar-refractivity contribution in [3.63, 3.8) is 0 Å². The van der Waals surface area contributed by atoms with Gasteiger partial charge in [-0.15, -0.1) is 0 Å². The summed E-state index contributed by atoms with van der Waals surface area (Å²) in [5.41, 5.74) is 0.572. The van der Waals surface area contributed by atoms with Crippen LogP contribution < -0.4 is 4.74 Å². The number of rotatable bonds is 4. The molecule has 0 N–H and O–H groups in total. The van der Waals surface area contributed by atoms with Crippen molar-refractivity contribution in [1.29, 1.82) is 0 Å². The molecule has 110 valence electrons. The summed E-state index contributed by atoms with van der Waals surface area (Å²) >= 11 is 12.0. The van der Waals surface area contributed by atoms with Gasteiger partial charge < -0.3 is 4.74 Å². The van der Waals surface area contributed by atoms with E-state index in [0.717, 1.165) is 10.8 Å². The minimum Gasteiger partial charge on any atom is -0.485 e. The number of ether oxygens (including phenoxy) is 1. The van der Waals surface area contributed by atoms with Gasteiger partial charge >= 0.3 is 0 Å². The molecule has 0 spiro atoms. The van der Waals surface area contributed by atoms with Crippen LogP contribution in [-0.4, -0.2) is 12.4 Å². The van der Waals surface area contributed by atoms with E-state index in [1.54, 1.807) is 36.4 Å². The van der Waals surface area contributed by atoms with E-state index >= 15 is 0 Å². The molecule has 0 saturated carbocycles. The van der Waals surface area contributed by atoms with Crippen molar-refractivity contribution in [1.82, 2.24) is 0 Å². The SMILES string of the molecule is O=C(COc1ccc(Cl)c2ccccc12)c1ccc(Cl)cc1. The molecular formula is C18H12Cl2O2. The number of fused-ring (bicyclic) bond motifs is 1. The fourth-order valence-electron chi connectivity index (χ4n) is 2.22. The molecule has 0 aromatic heterocycles. The van der Waals surface area contributed by atoms with Crippen LogP contribution in [0.15, 0.2) is 60.7 Å². The number of carbonyl (C=O) groups is 1. The van der Waals surface area contributed by atoms with Crippen molar-refractivity contribution in [2.45, 2.75) is 0 Å². The van der Waals surface area contributed by atoms with Crippen LogP contribution in [0.25, 0.3) is 10.8 Å². The third-order valence-corrected chi connectivity index (χ3v) is 3.94. The standard InChI is InChI=1S/C18H12Cl2O2/c19-13-7-5-12(6-8-13)17(21)11-22-18-10-9-16(20)14-3-1-2-4-15(14)18/h1-10H,11H2. The largest absolute Gasteiger partial charge is 0.485 e. The third-order valence-electron chi connectivity index (χ3n) is 3.36. The minimum absolute atomic E-state index is 0.0345.